The molecule has 9 heteroatoms. The molecule has 0 radical (unpaired) electrons. The van der Waals surface area contributed by atoms with Crippen molar-refractivity contribution in [3.05, 3.63) is 80.8 Å². The van der Waals surface area contributed by atoms with Crippen LogP contribution in [0.15, 0.2) is 73.7 Å². The Labute approximate surface area is 194 Å². The third-order valence-electron chi connectivity index (χ3n) is 5.51. The average molecular weight is 519 g/mol. The summed E-state index contributed by atoms with van der Waals surface area (Å²) in [6.45, 7) is 0.145. The summed E-state index contributed by atoms with van der Waals surface area (Å²) < 4.78 is 34.1. The van der Waals surface area contributed by atoms with E-state index in [0.29, 0.717) is 22.6 Å². The molecule has 0 aliphatic heterocycles. The lowest BCUT2D eigenvalue weighted by molar-refractivity contribution is 0.165. The van der Waals surface area contributed by atoms with E-state index in [1.807, 2.05) is 30.3 Å². The van der Waals surface area contributed by atoms with Crippen LogP contribution in [-0.4, -0.2) is 36.8 Å². The van der Waals surface area contributed by atoms with E-state index in [-0.39, 0.29) is 11.5 Å². The van der Waals surface area contributed by atoms with Gasteiger partial charge in [-0.25, -0.2) is 8.42 Å². The van der Waals surface area contributed by atoms with Crippen molar-refractivity contribution in [3.8, 4) is 5.88 Å². The molecule has 2 aromatic carbocycles. The second-order valence-electron chi connectivity index (χ2n) is 7.84. The van der Waals surface area contributed by atoms with Crippen LogP contribution in [0.2, 0.25) is 0 Å². The molecule has 1 aliphatic rings. The Kier molecular flexibility index (Phi) is 6.50. The van der Waals surface area contributed by atoms with Crippen LogP contribution in [0, 0.1) is 5.92 Å². The molecule has 1 saturated carbocycles. The van der Waals surface area contributed by atoms with E-state index in [4.69, 9.17) is 4.74 Å². The van der Waals surface area contributed by atoms with E-state index in [1.54, 1.807) is 12.1 Å². The number of aromatic hydroxyl groups is 1. The van der Waals surface area contributed by atoms with Gasteiger partial charge in [0, 0.05) is 18.0 Å². The summed E-state index contributed by atoms with van der Waals surface area (Å²) in [5.41, 5.74) is -0.0186. The molecule has 1 aromatic heterocycles. The molecule has 3 aromatic rings. The third kappa shape index (κ3) is 4.51. The monoisotopic (exact) mass is 518 g/mol. The quantitative estimate of drug-likeness (QED) is 0.487. The van der Waals surface area contributed by atoms with Gasteiger partial charge in [0.15, 0.2) is 4.90 Å². The zero-order valence-corrected chi connectivity index (χ0v) is 19.8. The molecule has 32 heavy (non-hydrogen) atoms. The van der Waals surface area contributed by atoms with Crippen molar-refractivity contribution >= 4 is 25.8 Å². The molecule has 1 unspecified atom stereocenters. The number of hydrogen-bond acceptors (Lipinski definition) is 6. The first-order valence-electron chi connectivity index (χ1n) is 10.2. The largest absolute Gasteiger partial charge is 0.492 e. The number of hydrogen-bond donors (Lipinski definition) is 1. The molecule has 1 fully saturated rings. The summed E-state index contributed by atoms with van der Waals surface area (Å²) in [5, 5.41) is 10.6. The van der Waals surface area contributed by atoms with Gasteiger partial charge in [0.25, 0.3) is 5.56 Å². The first-order valence-corrected chi connectivity index (χ1v) is 12.5. The SMILES string of the molecule is COCC(c1ccccc1)n1c(CC2CC2)nc(O)c(S(=O)(=O)c2ccc(Br)cc2)c1=O. The molecule has 7 nitrogen and oxygen atoms in total. The molecular formula is C23H23BrN2O5S. The predicted octanol–water partition coefficient (Wildman–Crippen LogP) is 3.73. The molecule has 168 valence electrons. The minimum absolute atomic E-state index is 0.0978. The lowest BCUT2D eigenvalue weighted by Gasteiger charge is -2.24. The summed E-state index contributed by atoms with van der Waals surface area (Å²) in [6, 6.07) is 14.6. The molecule has 1 heterocycles. The first kappa shape index (κ1) is 22.7. The van der Waals surface area contributed by atoms with Crippen LogP contribution in [0.3, 0.4) is 0 Å². The molecule has 0 spiro atoms. The highest BCUT2D eigenvalue weighted by Gasteiger charge is 2.33. The molecule has 4 rings (SSSR count). The maximum atomic E-state index is 13.7. The number of sulfone groups is 1. The fourth-order valence-corrected chi connectivity index (χ4v) is 5.32. The zero-order chi connectivity index (χ0) is 22.9. The van der Waals surface area contributed by atoms with E-state index >= 15 is 0 Å². The summed E-state index contributed by atoms with van der Waals surface area (Å²) in [6.07, 6.45) is 2.50. The van der Waals surface area contributed by atoms with Crippen LogP contribution < -0.4 is 5.56 Å². The Balaban J connectivity index is 1.95. The maximum absolute atomic E-state index is 13.7. The number of halogens is 1. The van der Waals surface area contributed by atoms with Crippen LogP contribution in [0.4, 0.5) is 0 Å². The normalized spacial score (nSPS) is 14.9. The predicted molar refractivity (Wildman–Crippen MR) is 123 cm³/mol. The van der Waals surface area contributed by atoms with Gasteiger partial charge in [-0.2, -0.15) is 4.98 Å². The summed E-state index contributed by atoms with van der Waals surface area (Å²) >= 11 is 3.27. The lowest BCUT2D eigenvalue weighted by atomic mass is 10.1. The molecule has 0 amide bonds. The number of benzene rings is 2. The highest BCUT2D eigenvalue weighted by atomic mass is 79.9. The Morgan fingerprint density at radius 2 is 1.81 bits per heavy atom. The number of ether oxygens (including phenoxy) is 1. The summed E-state index contributed by atoms with van der Waals surface area (Å²) in [7, 11) is -2.78. The van der Waals surface area contributed by atoms with Gasteiger partial charge in [0.1, 0.15) is 5.82 Å². The average Bonchev–Trinajstić information content (AvgIpc) is 3.57. The van der Waals surface area contributed by atoms with Gasteiger partial charge < -0.3 is 9.84 Å². The molecule has 1 atom stereocenters. The Morgan fingerprint density at radius 1 is 1.16 bits per heavy atom. The molecule has 0 saturated heterocycles. The first-order chi connectivity index (χ1) is 15.3. The van der Waals surface area contributed by atoms with E-state index in [2.05, 4.69) is 20.9 Å². The van der Waals surface area contributed by atoms with Crippen molar-refractivity contribution in [2.75, 3.05) is 13.7 Å². The van der Waals surface area contributed by atoms with Crippen LogP contribution in [0.1, 0.15) is 30.3 Å². The number of methoxy groups -OCH3 is 1. The lowest BCUT2D eigenvalue weighted by Crippen LogP contribution is -2.35. The van der Waals surface area contributed by atoms with Crippen molar-refractivity contribution in [2.24, 2.45) is 5.92 Å². The minimum Gasteiger partial charge on any atom is -0.492 e. The van der Waals surface area contributed by atoms with Crippen molar-refractivity contribution < 1.29 is 18.3 Å². The fourth-order valence-electron chi connectivity index (χ4n) is 3.71. The van der Waals surface area contributed by atoms with Crippen LogP contribution in [0.5, 0.6) is 5.88 Å². The van der Waals surface area contributed by atoms with Crippen molar-refractivity contribution in [1.29, 1.82) is 0 Å². The Morgan fingerprint density at radius 3 is 2.41 bits per heavy atom. The van der Waals surface area contributed by atoms with Crippen molar-refractivity contribution in [2.45, 2.75) is 35.1 Å². The number of rotatable bonds is 8. The second-order valence-corrected chi connectivity index (χ2v) is 10.6. The third-order valence-corrected chi connectivity index (χ3v) is 7.83. The topological polar surface area (TPSA) is 98.5 Å². The highest BCUT2D eigenvalue weighted by Crippen LogP contribution is 2.34. The van der Waals surface area contributed by atoms with Crippen LogP contribution in [0.25, 0.3) is 0 Å². The van der Waals surface area contributed by atoms with Gasteiger partial charge in [0.2, 0.25) is 15.7 Å². The van der Waals surface area contributed by atoms with E-state index < -0.39 is 32.2 Å². The minimum atomic E-state index is -4.31. The standard InChI is InChI=1S/C23H23BrN2O5S/c1-31-14-19(16-5-3-2-4-6-16)26-20(13-15-7-8-15)25-22(27)21(23(26)28)32(29,30)18-11-9-17(24)10-12-18/h2-6,9-12,15,19,27H,7-8,13-14H2,1H3. The zero-order valence-electron chi connectivity index (χ0n) is 17.4. The van der Waals surface area contributed by atoms with Gasteiger partial charge in [-0.15, -0.1) is 0 Å². The molecule has 0 bridgehead atoms. The highest BCUT2D eigenvalue weighted by molar-refractivity contribution is 9.10. The maximum Gasteiger partial charge on any atom is 0.277 e. The van der Waals surface area contributed by atoms with Gasteiger partial charge in [-0.3, -0.25) is 9.36 Å². The van der Waals surface area contributed by atoms with Gasteiger partial charge >= 0.3 is 0 Å². The van der Waals surface area contributed by atoms with Gasteiger partial charge in [-0.1, -0.05) is 46.3 Å². The van der Waals surface area contributed by atoms with Crippen molar-refractivity contribution in [1.82, 2.24) is 9.55 Å². The summed E-state index contributed by atoms with van der Waals surface area (Å²) in [5.74, 6) is -0.0508. The van der Waals surface area contributed by atoms with Crippen molar-refractivity contribution in [3.63, 3.8) is 0 Å². The number of nitrogens with zero attached hydrogens (tertiary/aromatic N) is 2. The van der Waals surface area contributed by atoms with E-state index in [0.717, 1.165) is 18.4 Å². The van der Waals surface area contributed by atoms with Crippen LogP contribution >= 0.6 is 15.9 Å². The smallest absolute Gasteiger partial charge is 0.277 e. The second kappa shape index (κ2) is 9.17. The molecule has 1 aliphatic carbocycles. The molecule has 1 N–H and O–H groups in total. The van der Waals surface area contributed by atoms with Gasteiger partial charge in [-0.05, 0) is 48.6 Å². The Bertz CT molecular complexity index is 1270. The molecular weight excluding hydrogens is 496 g/mol. The Hall–Kier alpha value is -2.49. The van der Waals surface area contributed by atoms with Crippen LogP contribution in [-0.2, 0) is 21.0 Å². The number of aromatic nitrogens is 2. The summed E-state index contributed by atoms with van der Waals surface area (Å²) in [4.78, 5) is 17.1. The van der Waals surface area contributed by atoms with E-state index in [1.165, 1.54) is 23.8 Å². The van der Waals surface area contributed by atoms with Gasteiger partial charge in [0.05, 0.1) is 17.5 Å². The fraction of sp³-hybridized carbons (Fsp3) is 0.304. The van der Waals surface area contributed by atoms with E-state index in [9.17, 15) is 18.3 Å².